The fourth-order valence-electron chi connectivity index (χ4n) is 6.18. The molecule has 4 nitrogen and oxygen atoms in total. The van der Waals surface area contributed by atoms with E-state index in [1.54, 1.807) is 0 Å². The summed E-state index contributed by atoms with van der Waals surface area (Å²) in [6.07, 6.45) is 3.80. The average Bonchev–Trinajstić information content (AvgIpc) is 2.89. The van der Waals surface area contributed by atoms with Crippen LogP contribution < -0.4 is 0 Å². The smallest absolute Gasteiger partial charge is 0.250 e. The van der Waals surface area contributed by atoms with Gasteiger partial charge in [0.25, 0.3) is 0 Å². The van der Waals surface area contributed by atoms with E-state index in [2.05, 4.69) is 50.2 Å². The monoisotopic (exact) mass is 466 g/mol. The highest BCUT2D eigenvalue weighted by atomic mass is 16.2. The Balaban J connectivity index is 1.65. The lowest BCUT2D eigenvalue weighted by atomic mass is 9.75. The molecule has 3 saturated heterocycles. The number of amides is 2. The predicted molar refractivity (Wildman–Crippen MR) is 139 cm³/mol. The first-order chi connectivity index (χ1) is 17.0. The first-order valence-corrected chi connectivity index (χ1v) is 12.8. The molecule has 4 atom stereocenters. The van der Waals surface area contributed by atoms with Gasteiger partial charge in [0, 0.05) is 6.42 Å². The number of carbonyl (C=O) groups excluding carboxylic acids is 2. The molecule has 3 aliphatic heterocycles. The van der Waals surface area contributed by atoms with Crippen LogP contribution in [-0.2, 0) is 16.0 Å². The van der Waals surface area contributed by atoms with E-state index in [1.165, 1.54) is 0 Å². The minimum absolute atomic E-state index is 0.0827. The van der Waals surface area contributed by atoms with Crippen LogP contribution in [0.2, 0.25) is 0 Å². The molecule has 0 spiro atoms. The lowest BCUT2D eigenvalue weighted by Gasteiger charge is -2.57. The van der Waals surface area contributed by atoms with Crippen LogP contribution in [0.5, 0.6) is 0 Å². The molecule has 2 amide bonds. The lowest BCUT2D eigenvalue weighted by molar-refractivity contribution is -0.180. The minimum atomic E-state index is -0.909. The molecule has 6 rings (SSSR count). The Bertz CT molecular complexity index is 1160. The molecule has 180 valence electrons. The van der Waals surface area contributed by atoms with Crippen LogP contribution in [0.25, 0.3) is 0 Å². The van der Waals surface area contributed by atoms with Gasteiger partial charge in [-0.15, -0.1) is 0 Å². The Hall–Kier alpha value is -3.40. The Morgan fingerprint density at radius 3 is 1.91 bits per heavy atom. The van der Waals surface area contributed by atoms with E-state index in [9.17, 15) is 9.59 Å². The fourth-order valence-corrected chi connectivity index (χ4v) is 6.18. The predicted octanol–water partition coefficient (Wildman–Crippen LogP) is 6.10. The molecule has 4 heteroatoms. The third-order valence-electron chi connectivity index (χ3n) is 7.98. The quantitative estimate of drug-likeness (QED) is 0.440. The van der Waals surface area contributed by atoms with Crippen LogP contribution in [0.4, 0.5) is 0 Å². The van der Waals surface area contributed by atoms with Gasteiger partial charge in [-0.3, -0.25) is 9.59 Å². The van der Waals surface area contributed by atoms with Crippen molar-refractivity contribution in [1.82, 2.24) is 9.80 Å². The molecule has 0 N–H and O–H groups in total. The Morgan fingerprint density at radius 1 is 0.771 bits per heavy atom. The molecule has 3 aromatic rings. The number of rotatable bonds is 6. The molecule has 3 heterocycles. The highest BCUT2D eigenvalue weighted by molar-refractivity contribution is 6.00. The van der Waals surface area contributed by atoms with Crippen LogP contribution in [0.3, 0.4) is 0 Å². The number of benzene rings is 3. The molecule has 0 unspecified atom stereocenters. The van der Waals surface area contributed by atoms with E-state index in [0.29, 0.717) is 19.3 Å². The van der Waals surface area contributed by atoms with E-state index in [4.69, 9.17) is 0 Å². The van der Waals surface area contributed by atoms with Gasteiger partial charge in [0.15, 0.2) is 0 Å². The molecule has 3 fully saturated rings. The van der Waals surface area contributed by atoms with Crippen LogP contribution in [0.1, 0.15) is 68.3 Å². The number of piperazine rings is 1. The van der Waals surface area contributed by atoms with Gasteiger partial charge in [-0.25, -0.2) is 0 Å². The third kappa shape index (κ3) is 4.16. The summed E-state index contributed by atoms with van der Waals surface area (Å²) in [5, 5.41) is 0. The van der Waals surface area contributed by atoms with Crippen molar-refractivity contribution < 1.29 is 9.59 Å². The summed E-state index contributed by atoms with van der Waals surface area (Å²) < 4.78 is 0. The summed E-state index contributed by atoms with van der Waals surface area (Å²) in [6.45, 7) is 4.15. The maximum atomic E-state index is 14.7. The van der Waals surface area contributed by atoms with Gasteiger partial charge < -0.3 is 9.80 Å². The van der Waals surface area contributed by atoms with Gasteiger partial charge in [0.2, 0.25) is 11.8 Å². The van der Waals surface area contributed by atoms with Gasteiger partial charge >= 0.3 is 0 Å². The van der Waals surface area contributed by atoms with Crippen LogP contribution >= 0.6 is 0 Å². The zero-order valence-electron chi connectivity index (χ0n) is 20.6. The van der Waals surface area contributed by atoms with Gasteiger partial charge in [-0.05, 0) is 43.4 Å². The second-order valence-corrected chi connectivity index (χ2v) is 10.0. The van der Waals surface area contributed by atoms with Gasteiger partial charge in [0.1, 0.15) is 11.6 Å². The fraction of sp³-hybridized carbons (Fsp3) is 0.355. The summed E-state index contributed by atoms with van der Waals surface area (Å²) in [4.78, 5) is 33.0. The van der Waals surface area contributed by atoms with Crippen molar-refractivity contribution in [2.45, 2.75) is 69.6 Å². The Kier molecular flexibility index (Phi) is 6.46. The third-order valence-corrected chi connectivity index (χ3v) is 7.98. The molecule has 0 saturated carbocycles. The zero-order valence-corrected chi connectivity index (χ0v) is 20.6. The highest BCUT2D eigenvalue weighted by Crippen LogP contribution is 2.45. The molecule has 3 aromatic carbocycles. The van der Waals surface area contributed by atoms with Crippen molar-refractivity contribution in [3.8, 4) is 0 Å². The summed E-state index contributed by atoms with van der Waals surface area (Å²) in [5.74, 6) is 0.171. The Morgan fingerprint density at radius 2 is 1.31 bits per heavy atom. The first kappa shape index (κ1) is 23.3. The van der Waals surface area contributed by atoms with E-state index >= 15 is 0 Å². The number of fused-ring (bicyclic) bond motifs is 5. The van der Waals surface area contributed by atoms with Crippen molar-refractivity contribution in [3.63, 3.8) is 0 Å². The number of carbonyl (C=O) groups is 2. The van der Waals surface area contributed by atoms with Gasteiger partial charge in [0.05, 0.1) is 12.1 Å². The molecule has 0 radical (unpaired) electrons. The molecule has 3 aliphatic rings. The molecule has 2 bridgehead atoms. The zero-order chi connectivity index (χ0) is 24.4. The number of hydrogen-bond donors (Lipinski definition) is 0. The van der Waals surface area contributed by atoms with Crippen molar-refractivity contribution in [1.29, 1.82) is 0 Å². The van der Waals surface area contributed by atoms with E-state index in [-0.39, 0.29) is 23.9 Å². The summed E-state index contributed by atoms with van der Waals surface area (Å²) in [7, 11) is 0. The van der Waals surface area contributed by atoms with E-state index in [1.807, 2.05) is 64.4 Å². The van der Waals surface area contributed by atoms with Crippen molar-refractivity contribution >= 4 is 11.8 Å². The van der Waals surface area contributed by atoms with Gasteiger partial charge in [-0.2, -0.15) is 0 Å². The summed E-state index contributed by atoms with van der Waals surface area (Å²) in [5.41, 5.74) is 2.31. The highest BCUT2D eigenvalue weighted by Gasteiger charge is 2.58. The van der Waals surface area contributed by atoms with E-state index < -0.39 is 11.6 Å². The van der Waals surface area contributed by atoms with Crippen LogP contribution in [0, 0.1) is 0 Å². The van der Waals surface area contributed by atoms with Crippen molar-refractivity contribution in [2.75, 3.05) is 0 Å². The maximum Gasteiger partial charge on any atom is 0.250 e. The second-order valence-electron chi connectivity index (χ2n) is 10.0. The standard InChI is InChI=1S/C31H34N2O2/c1-23(26-16-8-4-9-17-26)32-28-20-12-13-21-31(30(32)35,22-25-14-6-3-7-15-25)33(29(28)34)24(2)27-18-10-5-11-19-27/h3-11,14-19,23-24,28H,12-13,20-22H2,1-2H3/t23-,24-,28+,31-/m0/s1. The largest absolute Gasteiger partial charge is 0.322 e. The molecule has 0 aliphatic carbocycles. The van der Waals surface area contributed by atoms with Crippen molar-refractivity contribution in [2.24, 2.45) is 0 Å². The SMILES string of the molecule is C[C@@H](c1ccccc1)N1C(=O)[C@@]2(Cc3ccccc3)CCCC[C@@H]1C(=O)N2[C@@H](C)c1ccccc1. The summed E-state index contributed by atoms with van der Waals surface area (Å²) >= 11 is 0. The summed E-state index contributed by atoms with van der Waals surface area (Å²) in [6, 6.07) is 29.6. The first-order valence-electron chi connectivity index (χ1n) is 12.8. The van der Waals surface area contributed by atoms with Crippen LogP contribution in [0.15, 0.2) is 91.0 Å². The molecular weight excluding hydrogens is 432 g/mol. The normalized spacial score (nSPS) is 24.1. The van der Waals surface area contributed by atoms with Crippen LogP contribution in [-0.4, -0.2) is 33.2 Å². The maximum absolute atomic E-state index is 14.7. The van der Waals surface area contributed by atoms with Crippen molar-refractivity contribution in [3.05, 3.63) is 108 Å². The van der Waals surface area contributed by atoms with E-state index in [0.717, 1.165) is 29.5 Å². The second kappa shape index (κ2) is 9.69. The molecule has 0 aromatic heterocycles. The molecular formula is C31H34N2O2. The Labute approximate surface area is 208 Å². The number of hydrogen-bond acceptors (Lipinski definition) is 2. The lowest BCUT2D eigenvalue weighted by Crippen LogP contribution is -2.73. The number of nitrogens with zero attached hydrogens (tertiary/aromatic N) is 2. The van der Waals surface area contributed by atoms with Gasteiger partial charge in [-0.1, -0.05) is 104 Å². The topological polar surface area (TPSA) is 40.6 Å². The molecule has 35 heavy (non-hydrogen) atoms. The minimum Gasteiger partial charge on any atom is -0.322 e. The average molecular weight is 467 g/mol.